The van der Waals surface area contributed by atoms with E-state index in [1.54, 1.807) is 0 Å². The summed E-state index contributed by atoms with van der Waals surface area (Å²) >= 11 is 0. The van der Waals surface area contributed by atoms with Crippen LogP contribution in [0.15, 0.2) is 109 Å². The smallest absolute Gasteiger partial charge is 0.0284 e. The SMILES string of the molecule is C1=CC(c2ccccc2-c2ccccc2C2C=Cc3ccccc32)c2ccccc21.[Cl-].[Cl-].[Hf]. The first-order chi connectivity index (χ1) is 14.9. The Kier molecular flexibility index (Phi) is 8.34. The largest absolute Gasteiger partial charge is 1.00 e. The number of rotatable bonds is 3. The summed E-state index contributed by atoms with van der Waals surface area (Å²) in [6.07, 6.45) is 9.21. The van der Waals surface area contributed by atoms with E-state index >= 15 is 0 Å². The van der Waals surface area contributed by atoms with Crippen LogP contribution in [-0.4, -0.2) is 0 Å². The van der Waals surface area contributed by atoms with Crippen molar-refractivity contribution in [3.05, 3.63) is 143 Å². The normalized spacial score (nSPS) is 16.7. The van der Waals surface area contributed by atoms with Crippen LogP contribution < -0.4 is 24.8 Å². The molecule has 0 bridgehead atoms. The van der Waals surface area contributed by atoms with Crippen molar-refractivity contribution in [2.45, 2.75) is 11.8 Å². The van der Waals surface area contributed by atoms with Crippen molar-refractivity contribution in [1.82, 2.24) is 0 Å². The summed E-state index contributed by atoms with van der Waals surface area (Å²) in [7, 11) is 0. The van der Waals surface area contributed by atoms with E-state index < -0.39 is 0 Å². The number of fused-ring (bicyclic) bond motifs is 2. The van der Waals surface area contributed by atoms with Crippen molar-refractivity contribution in [3.63, 3.8) is 0 Å². The molecule has 0 aromatic heterocycles. The first-order valence-corrected chi connectivity index (χ1v) is 10.6. The van der Waals surface area contributed by atoms with Crippen LogP contribution in [0, 0.1) is 0 Å². The maximum absolute atomic E-state index is 2.34. The Bertz CT molecular complexity index is 1220. The molecule has 2 atom stereocenters. The first-order valence-electron chi connectivity index (χ1n) is 10.6. The number of hydrogen-bond acceptors (Lipinski definition) is 0. The Morgan fingerprint density at radius 3 is 1.15 bits per heavy atom. The second-order valence-electron chi connectivity index (χ2n) is 8.11. The van der Waals surface area contributed by atoms with Crippen molar-refractivity contribution in [2.24, 2.45) is 0 Å². The quantitative estimate of drug-likeness (QED) is 0.302. The van der Waals surface area contributed by atoms with Crippen molar-refractivity contribution >= 4 is 12.2 Å². The van der Waals surface area contributed by atoms with Gasteiger partial charge in [0.25, 0.3) is 0 Å². The van der Waals surface area contributed by atoms with Crippen LogP contribution in [0.1, 0.15) is 45.2 Å². The second-order valence-corrected chi connectivity index (χ2v) is 8.11. The second kappa shape index (κ2) is 10.8. The zero-order valence-electron chi connectivity index (χ0n) is 18.0. The molecule has 0 fully saturated rings. The zero-order valence-corrected chi connectivity index (χ0v) is 23.1. The van der Waals surface area contributed by atoms with E-state index in [0.29, 0.717) is 11.8 Å². The van der Waals surface area contributed by atoms with Gasteiger partial charge >= 0.3 is 0 Å². The molecule has 0 saturated heterocycles. The van der Waals surface area contributed by atoms with Gasteiger partial charge in [-0.05, 0) is 44.5 Å². The molecule has 0 radical (unpaired) electrons. The molecule has 0 saturated carbocycles. The van der Waals surface area contributed by atoms with Gasteiger partial charge in [-0.2, -0.15) is 0 Å². The molecule has 0 N–H and O–H groups in total. The van der Waals surface area contributed by atoms with Gasteiger partial charge in [-0.1, -0.05) is 121 Å². The summed E-state index contributed by atoms with van der Waals surface area (Å²) in [4.78, 5) is 0. The first kappa shape index (κ1) is 25.4. The fourth-order valence-electron chi connectivity index (χ4n) is 5.07. The Hall–Kier alpha value is -2.19. The molecule has 4 aromatic carbocycles. The van der Waals surface area contributed by atoms with Crippen molar-refractivity contribution in [1.29, 1.82) is 0 Å². The number of benzene rings is 4. The third-order valence-corrected chi connectivity index (χ3v) is 6.48. The van der Waals surface area contributed by atoms with Crippen LogP contribution in [0.5, 0.6) is 0 Å². The monoisotopic (exact) mass is 632 g/mol. The molecular formula is C30H22Cl2Hf-2. The van der Waals surface area contributed by atoms with Crippen molar-refractivity contribution in [2.75, 3.05) is 0 Å². The van der Waals surface area contributed by atoms with Gasteiger partial charge in [0, 0.05) is 37.7 Å². The molecule has 0 spiro atoms. The predicted molar refractivity (Wildman–Crippen MR) is 127 cm³/mol. The molecule has 2 aliphatic rings. The van der Waals surface area contributed by atoms with E-state index in [9.17, 15) is 0 Å². The fourth-order valence-corrected chi connectivity index (χ4v) is 5.07. The minimum atomic E-state index is 0. The maximum Gasteiger partial charge on any atom is 0.0284 e. The topological polar surface area (TPSA) is 0 Å². The average molecular weight is 632 g/mol. The van der Waals surface area contributed by atoms with Gasteiger partial charge in [0.1, 0.15) is 0 Å². The van der Waals surface area contributed by atoms with Gasteiger partial charge in [-0.3, -0.25) is 0 Å². The van der Waals surface area contributed by atoms with E-state index in [2.05, 4.69) is 121 Å². The number of halogens is 2. The average Bonchev–Trinajstić information content (AvgIpc) is 3.44. The minimum absolute atomic E-state index is 0. The molecule has 162 valence electrons. The third kappa shape index (κ3) is 4.47. The van der Waals surface area contributed by atoms with E-state index in [0.717, 1.165) is 0 Å². The molecule has 4 aromatic rings. The molecule has 2 aliphatic carbocycles. The molecule has 0 amide bonds. The molecule has 0 nitrogen and oxygen atoms in total. The Morgan fingerprint density at radius 1 is 0.394 bits per heavy atom. The summed E-state index contributed by atoms with van der Waals surface area (Å²) in [6.45, 7) is 0. The molecule has 2 unspecified atom stereocenters. The zero-order chi connectivity index (χ0) is 19.9. The summed E-state index contributed by atoms with van der Waals surface area (Å²) in [5.41, 5.74) is 10.9. The van der Waals surface area contributed by atoms with Crippen LogP contribution >= 0.6 is 0 Å². The summed E-state index contributed by atoms with van der Waals surface area (Å²) in [5.74, 6) is 0.605. The van der Waals surface area contributed by atoms with Gasteiger partial charge in [-0.15, -0.1) is 0 Å². The Balaban J connectivity index is 0.00000102. The van der Waals surface area contributed by atoms with E-state index in [1.165, 1.54) is 44.5 Å². The number of hydrogen-bond donors (Lipinski definition) is 0. The predicted octanol–water partition coefficient (Wildman–Crippen LogP) is 1.68. The molecule has 6 rings (SSSR count). The van der Waals surface area contributed by atoms with Crippen LogP contribution in [0.2, 0.25) is 0 Å². The van der Waals surface area contributed by atoms with Gasteiger partial charge in [0.2, 0.25) is 0 Å². The van der Waals surface area contributed by atoms with Crippen LogP contribution in [0.4, 0.5) is 0 Å². The molecule has 0 aliphatic heterocycles. The molecule has 0 heterocycles. The third-order valence-electron chi connectivity index (χ3n) is 6.48. The van der Waals surface area contributed by atoms with Crippen LogP contribution in [-0.2, 0) is 25.8 Å². The van der Waals surface area contributed by atoms with E-state index in [4.69, 9.17) is 0 Å². The summed E-state index contributed by atoms with van der Waals surface area (Å²) in [5, 5.41) is 0. The fraction of sp³-hybridized carbons (Fsp3) is 0.0667. The van der Waals surface area contributed by atoms with E-state index in [1.807, 2.05) is 0 Å². The Labute approximate surface area is 227 Å². The minimum Gasteiger partial charge on any atom is -1.00 e. The standard InChI is InChI=1S/C30H22.2ClH.Hf/c1-3-11-23-21(9-1)17-19-29(23)27-15-7-5-13-25(27)26-14-6-8-16-28(26)30-20-18-22-10-2-4-12-24(22)30;;;/h1-20,29-30H;2*1H;/p-2. The van der Waals surface area contributed by atoms with Crippen molar-refractivity contribution in [3.8, 4) is 11.1 Å². The van der Waals surface area contributed by atoms with Gasteiger partial charge in [0.05, 0.1) is 0 Å². The van der Waals surface area contributed by atoms with Gasteiger partial charge in [0.15, 0.2) is 0 Å². The van der Waals surface area contributed by atoms with Crippen LogP contribution in [0.25, 0.3) is 23.3 Å². The maximum atomic E-state index is 2.34. The molecular weight excluding hydrogens is 610 g/mol. The molecule has 3 heteroatoms. The van der Waals surface area contributed by atoms with Gasteiger partial charge < -0.3 is 24.8 Å². The van der Waals surface area contributed by atoms with Gasteiger partial charge in [-0.25, -0.2) is 0 Å². The van der Waals surface area contributed by atoms with Crippen molar-refractivity contribution < 1.29 is 50.7 Å². The Morgan fingerprint density at radius 2 is 0.727 bits per heavy atom. The number of allylic oxidation sites excluding steroid dienone is 2. The van der Waals surface area contributed by atoms with E-state index in [-0.39, 0.29) is 50.7 Å². The van der Waals surface area contributed by atoms with Crippen LogP contribution in [0.3, 0.4) is 0 Å². The summed E-state index contributed by atoms with van der Waals surface area (Å²) in [6, 6.07) is 35.3. The molecule has 33 heavy (non-hydrogen) atoms. The summed E-state index contributed by atoms with van der Waals surface area (Å²) < 4.78 is 0.